The average molecular weight is 1230 g/mol. The Hall–Kier alpha value is -6.13. The Morgan fingerprint density at radius 2 is 0.874 bits per heavy atom. The predicted molar refractivity (Wildman–Crippen MR) is 336 cm³/mol. The number of aliphatic hydroxyl groups excluding tert-OH is 1. The van der Waals surface area contributed by atoms with Crippen LogP contribution in [-0.4, -0.2) is 215 Å². The lowest BCUT2D eigenvalue weighted by Gasteiger charge is -2.40. The van der Waals surface area contributed by atoms with Gasteiger partial charge in [0, 0.05) is 42.3 Å². The van der Waals surface area contributed by atoms with E-state index in [2.05, 4.69) is 21.3 Å². The van der Waals surface area contributed by atoms with Crippen LogP contribution in [0.1, 0.15) is 170 Å². The molecule has 1 rings (SSSR count). The van der Waals surface area contributed by atoms with Gasteiger partial charge in [0.1, 0.15) is 54.4 Å². The molecule has 0 saturated carbocycles. The zero-order chi connectivity index (χ0) is 67.4. The first-order valence-electron chi connectivity index (χ1n) is 31.5. The Labute approximate surface area is 520 Å². The number of hydrogen-bond donors (Lipinski definition) is 5. The predicted octanol–water partition coefficient (Wildman–Crippen LogP) is 4.38. The number of amides is 10. The molecule has 0 aromatic carbocycles. The molecule has 0 aliphatic carbocycles. The SMILES string of the molecule is C/C=C/C[C@@H](C)[C@@H](O)[C@H]1C(=O)N[C@@H](CC)C(=O)N(C)CC(=O)N(C)[C@@H](CC(C)C)C(=O)N[C@@H](CC(C)C)C(=O)N(C)[C@@H](CC(C)C)C(=O)N[C@@H](C)C(=O)O[C@H](C(C)C)C(=O)N(C)[C@@H](CC(C)C)C(=O)N[C@@H](CC(C)C)C(=O)N(C)[C@@H](C(C)C)C(=O)N1C. The standard InChI is InChI=1S/C64H114N10O13/c1-25-27-28-42(17)53(76)52-58(80)66-44(26-2)59(81)69(19)34-50(75)70(20)47(31-37(7)8)56(78)67-45(29-35(3)4)60(82)71(21)48(32-38(9)10)55(77)65-43(18)64(86)87-54(41(15)16)63(85)72(22)49(33-39(11)12)57(79)68-46(30-36(5)6)61(83)73(23)51(40(13)14)62(84)74(52)24/h25,27,35-49,51-54,76H,26,28-34H2,1-24H3,(H,65,77)(H,66,80)(H,67,78)(H,68,79)/b27-25+/t42-,43+,44+,45+,46+,47+,48+,49+,51+,52+,53-,54-/m1/s1. The first-order valence-corrected chi connectivity index (χ1v) is 31.5. The smallest absolute Gasteiger partial charge is 0.329 e. The van der Waals surface area contributed by atoms with E-state index >= 15 is 4.79 Å². The molecule has 10 amide bonds. The van der Waals surface area contributed by atoms with Crippen molar-refractivity contribution in [2.24, 2.45) is 47.3 Å². The van der Waals surface area contributed by atoms with Crippen LogP contribution in [0.5, 0.6) is 0 Å². The molecule has 0 bridgehead atoms. The molecule has 23 nitrogen and oxygen atoms in total. The van der Waals surface area contributed by atoms with E-state index in [-0.39, 0.29) is 68.1 Å². The van der Waals surface area contributed by atoms with Crippen molar-refractivity contribution >= 4 is 65.0 Å². The number of likely N-dealkylation sites (N-methyl/N-ethyl adjacent to an activating group) is 6. The number of ether oxygens (including phenoxy) is 1. The summed E-state index contributed by atoms with van der Waals surface area (Å²) in [6.07, 6.45) is 1.61. The number of carbonyl (C=O) groups excluding carboxylic acids is 11. The lowest BCUT2D eigenvalue weighted by molar-refractivity contribution is -0.166. The second kappa shape index (κ2) is 36.4. The summed E-state index contributed by atoms with van der Waals surface area (Å²) in [5.74, 6) is -10.6. The summed E-state index contributed by atoms with van der Waals surface area (Å²) in [5.41, 5.74) is 0. The molecule has 0 aromatic rings. The van der Waals surface area contributed by atoms with Gasteiger partial charge in [0.25, 0.3) is 5.91 Å². The van der Waals surface area contributed by atoms with Crippen LogP contribution in [0.25, 0.3) is 0 Å². The quantitative estimate of drug-likeness (QED) is 0.100. The molecule has 1 aliphatic rings. The van der Waals surface area contributed by atoms with Gasteiger partial charge in [-0.2, -0.15) is 0 Å². The number of nitrogens with zero attached hydrogens (tertiary/aromatic N) is 6. The van der Waals surface area contributed by atoms with E-state index in [0.29, 0.717) is 6.42 Å². The van der Waals surface area contributed by atoms with Crippen molar-refractivity contribution in [3.8, 4) is 0 Å². The zero-order valence-electron chi connectivity index (χ0n) is 57.3. The van der Waals surface area contributed by atoms with E-state index < -0.39 is 156 Å². The second-order valence-electron chi connectivity index (χ2n) is 27.0. The van der Waals surface area contributed by atoms with Gasteiger partial charge >= 0.3 is 5.97 Å². The van der Waals surface area contributed by atoms with E-state index in [0.717, 1.165) is 9.80 Å². The van der Waals surface area contributed by atoms with Gasteiger partial charge in [-0.25, -0.2) is 4.79 Å². The third-order valence-electron chi connectivity index (χ3n) is 16.0. The normalized spacial score (nSPS) is 26.5. The van der Waals surface area contributed by atoms with Crippen LogP contribution < -0.4 is 21.3 Å². The lowest BCUT2D eigenvalue weighted by Crippen LogP contribution is -2.63. The molecule has 87 heavy (non-hydrogen) atoms. The van der Waals surface area contributed by atoms with E-state index in [1.165, 1.54) is 68.8 Å². The molecule has 0 unspecified atom stereocenters. The monoisotopic (exact) mass is 1230 g/mol. The number of esters is 1. The van der Waals surface area contributed by atoms with Crippen molar-refractivity contribution in [2.75, 3.05) is 48.8 Å². The van der Waals surface area contributed by atoms with Gasteiger partial charge in [-0.05, 0) is 106 Å². The molecule has 0 radical (unpaired) electrons. The first kappa shape index (κ1) is 78.9. The first-order chi connectivity index (χ1) is 40.2. The molecular weight excluding hydrogens is 1120 g/mol. The lowest BCUT2D eigenvalue weighted by atomic mass is 9.91. The summed E-state index contributed by atoms with van der Waals surface area (Å²) in [6.45, 7) is 31.3. The highest BCUT2D eigenvalue weighted by Gasteiger charge is 2.45. The van der Waals surface area contributed by atoms with Gasteiger partial charge in [-0.1, -0.05) is 123 Å². The maximum atomic E-state index is 15.1. The minimum absolute atomic E-state index is 0.0192. The highest BCUT2D eigenvalue weighted by Crippen LogP contribution is 2.25. The van der Waals surface area contributed by atoms with Gasteiger partial charge in [0.05, 0.1) is 12.6 Å². The van der Waals surface area contributed by atoms with Crippen LogP contribution in [0.15, 0.2) is 12.2 Å². The molecule has 12 atom stereocenters. The maximum Gasteiger partial charge on any atom is 0.329 e. The van der Waals surface area contributed by atoms with Crippen LogP contribution in [0.2, 0.25) is 0 Å². The molecule has 23 heteroatoms. The van der Waals surface area contributed by atoms with E-state index in [1.807, 2.05) is 69.2 Å². The largest absolute Gasteiger partial charge is 0.450 e. The number of nitrogens with one attached hydrogen (secondary N) is 4. The fourth-order valence-corrected chi connectivity index (χ4v) is 10.8. The van der Waals surface area contributed by atoms with Gasteiger partial charge in [0.15, 0.2) is 6.10 Å². The molecule has 1 saturated heterocycles. The number of hydrogen-bond acceptors (Lipinski definition) is 13. The van der Waals surface area contributed by atoms with Crippen molar-refractivity contribution in [3.05, 3.63) is 12.2 Å². The second-order valence-corrected chi connectivity index (χ2v) is 27.0. The van der Waals surface area contributed by atoms with E-state index in [1.54, 1.807) is 60.6 Å². The number of allylic oxidation sites excluding steroid dienone is 2. The highest BCUT2D eigenvalue weighted by molar-refractivity contribution is 5.99. The van der Waals surface area contributed by atoms with Gasteiger partial charge < -0.3 is 60.5 Å². The summed E-state index contributed by atoms with van der Waals surface area (Å²) in [5, 5.41) is 23.3. The molecule has 498 valence electrons. The van der Waals surface area contributed by atoms with Gasteiger partial charge in [-0.15, -0.1) is 0 Å². The average Bonchev–Trinajstić information content (AvgIpc) is 3.59. The van der Waals surface area contributed by atoms with Crippen molar-refractivity contribution in [1.82, 2.24) is 50.7 Å². The Morgan fingerprint density at radius 3 is 1.28 bits per heavy atom. The van der Waals surface area contributed by atoms with Crippen LogP contribution in [0.3, 0.4) is 0 Å². The van der Waals surface area contributed by atoms with Gasteiger partial charge in [0.2, 0.25) is 53.2 Å². The zero-order valence-corrected chi connectivity index (χ0v) is 57.3. The topological polar surface area (TPSA) is 285 Å². The summed E-state index contributed by atoms with van der Waals surface area (Å²) in [4.78, 5) is 168. The highest BCUT2D eigenvalue weighted by atomic mass is 16.6. The summed E-state index contributed by atoms with van der Waals surface area (Å²) < 4.78 is 5.90. The fourth-order valence-electron chi connectivity index (χ4n) is 10.8. The van der Waals surface area contributed by atoms with Crippen molar-refractivity contribution < 1.29 is 62.6 Å². The molecule has 0 spiro atoms. The summed E-state index contributed by atoms with van der Waals surface area (Å²) >= 11 is 0. The van der Waals surface area contributed by atoms with Crippen LogP contribution in [0.4, 0.5) is 0 Å². The summed E-state index contributed by atoms with van der Waals surface area (Å²) in [6, 6.07) is -11.4. The van der Waals surface area contributed by atoms with Crippen molar-refractivity contribution in [3.63, 3.8) is 0 Å². The number of rotatable bonds is 17. The number of aliphatic hydroxyl groups is 1. The molecular formula is C64H114N10O13. The Morgan fingerprint density at radius 1 is 0.483 bits per heavy atom. The Balaban J connectivity index is 4.37. The number of carbonyl (C=O) groups is 11. The number of cyclic esters (lactones) is 1. The minimum Gasteiger partial charge on any atom is -0.450 e. The van der Waals surface area contributed by atoms with Gasteiger partial charge in [-0.3, -0.25) is 47.9 Å². The third kappa shape index (κ3) is 23.4. The van der Waals surface area contributed by atoms with E-state index in [9.17, 15) is 53.1 Å². The minimum atomic E-state index is -1.62. The van der Waals surface area contributed by atoms with Crippen molar-refractivity contribution in [2.45, 2.75) is 236 Å². The molecule has 0 aromatic heterocycles. The molecule has 1 fully saturated rings. The Bertz CT molecular complexity index is 2360. The fraction of sp³-hybridized carbons (Fsp3) is 0.797. The third-order valence-corrected chi connectivity index (χ3v) is 16.0. The molecule has 1 aliphatic heterocycles. The molecule has 1 heterocycles. The van der Waals surface area contributed by atoms with E-state index in [4.69, 9.17) is 4.74 Å². The maximum absolute atomic E-state index is 15.1. The van der Waals surface area contributed by atoms with Crippen LogP contribution in [0, 0.1) is 47.3 Å². The van der Waals surface area contributed by atoms with Crippen molar-refractivity contribution in [1.29, 1.82) is 0 Å². The summed E-state index contributed by atoms with van der Waals surface area (Å²) in [7, 11) is 8.39. The van der Waals surface area contributed by atoms with Crippen LogP contribution >= 0.6 is 0 Å². The van der Waals surface area contributed by atoms with Crippen LogP contribution in [-0.2, 0) is 57.5 Å². The Kier molecular flexibility index (Phi) is 33.0. The molecule has 5 N–H and O–H groups in total.